The van der Waals surface area contributed by atoms with Gasteiger partial charge in [0.15, 0.2) is 5.75 Å². The summed E-state index contributed by atoms with van der Waals surface area (Å²) in [4.78, 5) is 59.9. The number of nitrogens with zero attached hydrogens (tertiary/aromatic N) is 4. The number of aromatic hydroxyl groups is 1. The number of halogens is 2. The average molecular weight is 585 g/mol. The quantitative estimate of drug-likeness (QED) is 0.591. The molecule has 3 unspecified atom stereocenters. The largest absolute Gasteiger partial charge is 0.502 e. The third-order valence-electron chi connectivity index (χ3n) is 9.65. The maximum absolute atomic E-state index is 14.2. The Hall–Kier alpha value is -3.44. The lowest BCUT2D eigenvalue weighted by molar-refractivity contribution is -0.138. The summed E-state index contributed by atoms with van der Waals surface area (Å²) in [6.07, 6.45) is 2.35. The van der Waals surface area contributed by atoms with E-state index in [2.05, 4.69) is 0 Å². The SMILES string of the molecule is CC1(C)COCN1C(=O)CN1C(=O)c2c3c(c(O)c(=O)n2C12CCC1CC12)C(=O)N(Cc1ccc(F)c(Cl)c1)CC3. The topological polar surface area (TPSA) is 112 Å². The Morgan fingerprint density at radius 2 is 2.00 bits per heavy atom. The van der Waals surface area contributed by atoms with Crippen LogP contribution in [-0.2, 0) is 28.2 Å². The van der Waals surface area contributed by atoms with Crippen LogP contribution in [0, 0.1) is 17.7 Å². The molecule has 1 aromatic carbocycles. The molecule has 10 nitrogen and oxygen atoms in total. The fraction of sp³-hybridized carbons (Fsp3) is 0.517. The van der Waals surface area contributed by atoms with Crippen LogP contribution in [-0.4, -0.2) is 74.1 Å². The van der Waals surface area contributed by atoms with E-state index in [-0.39, 0.29) is 60.9 Å². The van der Waals surface area contributed by atoms with Crippen LogP contribution in [0.4, 0.5) is 4.39 Å². The second-order valence-corrected chi connectivity index (χ2v) is 12.8. The molecule has 7 rings (SSSR count). The van der Waals surface area contributed by atoms with Crippen molar-refractivity contribution < 1.29 is 28.6 Å². The summed E-state index contributed by atoms with van der Waals surface area (Å²) in [6.45, 7) is 4.39. The van der Waals surface area contributed by atoms with Gasteiger partial charge >= 0.3 is 0 Å². The molecule has 0 bridgehead atoms. The number of hydrogen-bond donors (Lipinski definition) is 1. The van der Waals surface area contributed by atoms with E-state index in [1.165, 1.54) is 32.6 Å². The number of rotatable bonds is 4. The molecule has 3 fully saturated rings. The van der Waals surface area contributed by atoms with Crippen LogP contribution in [0.25, 0.3) is 0 Å². The van der Waals surface area contributed by atoms with Crippen LogP contribution in [0.3, 0.4) is 0 Å². The molecule has 1 N–H and O–H groups in total. The lowest BCUT2D eigenvalue weighted by Crippen LogP contribution is -2.55. The minimum Gasteiger partial charge on any atom is -0.502 e. The summed E-state index contributed by atoms with van der Waals surface area (Å²) >= 11 is 5.92. The third kappa shape index (κ3) is 3.64. The molecule has 2 saturated carbocycles. The van der Waals surface area contributed by atoms with Crippen molar-refractivity contribution in [1.29, 1.82) is 0 Å². The molecule has 3 amide bonds. The summed E-state index contributed by atoms with van der Waals surface area (Å²) in [5.74, 6) is -2.26. The van der Waals surface area contributed by atoms with E-state index in [9.17, 15) is 28.7 Å². The molecular weight excluding hydrogens is 555 g/mol. The second-order valence-electron chi connectivity index (χ2n) is 12.4. The molecule has 216 valence electrons. The Kier molecular flexibility index (Phi) is 5.67. The smallest absolute Gasteiger partial charge is 0.296 e. The van der Waals surface area contributed by atoms with Gasteiger partial charge in [-0.25, -0.2) is 4.39 Å². The number of hydrogen-bond acceptors (Lipinski definition) is 6. The minimum absolute atomic E-state index is 0.00231. The molecule has 12 heteroatoms. The fourth-order valence-electron chi connectivity index (χ4n) is 7.53. The Labute approximate surface area is 240 Å². The van der Waals surface area contributed by atoms with Crippen LogP contribution in [0.1, 0.15) is 65.1 Å². The lowest BCUT2D eigenvalue weighted by Gasteiger charge is -2.39. The number of benzene rings is 1. The van der Waals surface area contributed by atoms with Crippen molar-refractivity contribution in [2.24, 2.45) is 11.8 Å². The Morgan fingerprint density at radius 3 is 2.63 bits per heavy atom. The third-order valence-corrected chi connectivity index (χ3v) is 9.94. The Morgan fingerprint density at radius 1 is 1.22 bits per heavy atom. The summed E-state index contributed by atoms with van der Waals surface area (Å²) in [5.41, 5.74) is -1.55. The van der Waals surface area contributed by atoms with Crippen molar-refractivity contribution in [3.8, 4) is 5.75 Å². The van der Waals surface area contributed by atoms with Gasteiger partial charge in [-0.15, -0.1) is 0 Å². The van der Waals surface area contributed by atoms with E-state index < -0.39 is 40.1 Å². The van der Waals surface area contributed by atoms with Gasteiger partial charge < -0.3 is 24.5 Å². The number of pyridine rings is 1. The first kappa shape index (κ1) is 26.5. The van der Waals surface area contributed by atoms with Crippen molar-refractivity contribution in [3.63, 3.8) is 0 Å². The predicted octanol–water partition coefficient (Wildman–Crippen LogP) is 2.68. The molecule has 4 heterocycles. The van der Waals surface area contributed by atoms with Gasteiger partial charge in [0.2, 0.25) is 5.91 Å². The van der Waals surface area contributed by atoms with Gasteiger partial charge in [-0.05, 0) is 63.1 Å². The number of ether oxygens (including phenoxy) is 1. The monoisotopic (exact) mass is 584 g/mol. The van der Waals surface area contributed by atoms with Gasteiger partial charge in [0.25, 0.3) is 17.4 Å². The van der Waals surface area contributed by atoms with Crippen LogP contribution in [0.2, 0.25) is 5.02 Å². The lowest BCUT2D eigenvalue weighted by atomic mass is 9.95. The van der Waals surface area contributed by atoms with Gasteiger partial charge in [0.05, 0.1) is 22.7 Å². The van der Waals surface area contributed by atoms with E-state index in [0.717, 1.165) is 12.8 Å². The van der Waals surface area contributed by atoms with Crippen LogP contribution in [0.5, 0.6) is 5.75 Å². The van der Waals surface area contributed by atoms with E-state index >= 15 is 0 Å². The molecule has 5 aliphatic rings. The first-order valence-electron chi connectivity index (χ1n) is 13.9. The molecular formula is C29H30ClFN4O6. The van der Waals surface area contributed by atoms with E-state index in [4.69, 9.17) is 16.3 Å². The maximum Gasteiger partial charge on any atom is 0.296 e. The van der Waals surface area contributed by atoms with Crippen LogP contribution in [0.15, 0.2) is 23.0 Å². The summed E-state index contributed by atoms with van der Waals surface area (Å²) in [5, 5.41) is 11.1. The van der Waals surface area contributed by atoms with E-state index in [1.807, 2.05) is 13.8 Å². The maximum atomic E-state index is 14.2. The molecule has 41 heavy (non-hydrogen) atoms. The van der Waals surface area contributed by atoms with Gasteiger partial charge in [-0.3, -0.25) is 23.7 Å². The molecule has 1 spiro atoms. The zero-order valence-electron chi connectivity index (χ0n) is 22.8. The van der Waals surface area contributed by atoms with Gasteiger partial charge in [0, 0.05) is 24.6 Å². The number of aromatic nitrogens is 1. The number of amides is 3. The first-order valence-corrected chi connectivity index (χ1v) is 14.3. The molecule has 0 radical (unpaired) electrons. The van der Waals surface area contributed by atoms with Gasteiger partial charge in [0.1, 0.15) is 30.4 Å². The second kappa shape index (κ2) is 8.78. The zero-order valence-corrected chi connectivity index (χ0v) is 23.5. The Bertz CT molecular complexity index is 1610. The van der Waals surface area contributed by atoms with Gasteiger partial charge in [-0.1, -0.05) is 17.7 Å². The normalized spacial score (nSPS) is 27.5. The molecule has 3 atom stereocenters. The average Bonchev–Trinajstić information content (AvgIpc) is 3.41. The van der Waals surface area contributed by atoms with E-state index in [0.29, 0.717) is 30.1 Å². The number of carbonyl (C=O) groups is 3. The van der Waals surface area contributed by atoms with Crippen molar-refractivity contribution >= 4 is 29.3 Å². The highest BCUT2D eigenvalue weighted by atomic mass is 35.5. The summed E-state index contributed by atoms with van der Waals surface area (Å²) < 4.78 is 20.6. The van der Waals surface area contributed by atoms with Crippen molar-refractivity contribution in [2.45, 2.75) is 57.3 Å². The highest BCUT2D eigenvalue weighted by Crippen LogP contribution is 2.64. The van der Waals surface area contributed by atoms with Crippen LogP contribution < -0.4 is 5.56 Å². The molecule has 1 saturated heterocycles. The van der Waals surface area contributed by atoms with E-state index in [1.54, 1.807) is 4.90 Å². The zero-order chi connectivity index (χ0) is 29.0. The fourth-order valence-corrected chi connectivity index (χ4v) is 7.73. The van der Waals surface area contributed by atoms with Crippen LogP contribution >= 0.6 is 11.6 Å². The molecule has 2 aromatic rings. The predicted molar refractivity (Wildman–Crippen MR) is 144 cm³/mol. The summed E-state index contributed by atoms with van der Waals surface area (Å²) in [6, 6.07) is 4.16. The minimum atomic E-state index is -1.05. The summed E-state index contributed by atoms with van der Waals surface area (Å²) in [7, 11) is 0. The van der Waals surface area contributed by atoms with Crippen molar-refractivity contribution in [1.82, 2.24) is 19.3 Å². The molecule has 2 aliphatic carbocycles. The molecule has 1 aromatic heterocycles. The molecule has 3 aliphatic heterocycles. The van der Waals surface area contributed by atoms with Crippen molar-refractivity contribution in [3.05, 3.63) is 61.8 Å². The first-order chi connectivity index (χ1) is 19.5. The standard InChI is InChI=1S/C29H30ClFN4O6/c1-28(2)13-41-14-34(28)21(36)12-33-26(39)23-17-6-8-32(11-15-3-4-20(31)19(30)9-15)25(38)22(17)24(37)27(40)35(23)29(33)7-5-16-10-18(16)29/h3-4,9,16,18,37H,5-8,10-14H2,1-2H3. The Balaban J connectivity index is 1.29. The van der Waals surface area contributed by atoms with Gasteiger partial charge in [-0.2, -0.15) is 0 Å². The highest BCUT2D eigenvalue weighted by Gasteiger charge is 2.67. The van der Waals surface area contributed by atoms with Crippen molar-refractivity contribution in [2.75, 3.05) is 26.4 Å². The number of fused-ring (bicyclic) bond motifs is 6. The number of carbonyl (C=O) groups excluding carboxylic acids is 3. The highest BCUT2D eigenvalue weighted by molar-refractivity contribution is 6.30.